The standard InChI is InChI=1S/C22H36N4O5.HI/c1-8-23-20(26-10-9-15(14-26)25-21(27)31-22(2,3)4)24-13-17-18(29-6)11-16(28-5)12-19(17)30-7;/h11-12,15H,8-10,13-14H2,1-7H3,(H,23,24)(H,25,27);1H. The van der Waals surface area contributed by atoms with Crippen LogP contribution in [0.15, 0.2) is 17.1 Å². The first-order valence-corrected chi connectivity index (χ1v) is 10.5. The van der Waals surface area contributed by atoms with Gasteiger partial charge in [-0.25, -0.2) is 9.79 Å². The van der Waals surface area contributed by atoms with Crippen LogP contribution in [0.4, 0.5) is 4.79 Å². The molecule has 0 aromatic heterocycles. The first-order chi connectivity index (χ1) is 14.7. The van der Waals surface area contributed by atoms with E-state index in [1.807, 2.05) is 39.8 Å². The van der Waals surface area contributed by atoms with Gasteiger partial charge in [0.15, 0.2) is 5.96 Å². The lowest BCUT2D eigenvalue weighted by atomic mass is 10.1. The molecule has 1 aromatic rings. The molecule has 1 heterocycles. The molecule has 182 valence electrons. The number of methoxy groups -OCH3 is 3. The molecule has 1 amide bonds. The lowest BCUT2D eigenvalue weighted by Gasteiger charge is -2.23. The van der Waals surface area contributed by atoms with E-state index in [1.165, 1.54) is 0 Å². The Morgan fingerprint density at radius 1 is 1.16 bits per heavy atom. The summed E-state index contributed by atoms with van der Waals surface area (Å²) < 4.78 is 21.7. The van der Waals surface area contributed by atoms with E-state index in [-0.39, 0.29) is 30.0 Å². The first-order valence-electron chi connectivity index (χ1n) is 10.5. The second kappa shape index (κ2) is 12.8. The summed E-state index contributed by atoms with van der Waals surface area (Å²) in [6, 6.07) is 3.64. The maximum Gasteiger partial charge on any atom is 0.407 e. The van der Waals surface area contributed by atoms with E-state index >= 15 is 0 Å². The number of hydrogen-bond acceptors (Lipinski definition) is 6. The minimum atomic E-state index is -0.519. The molecule has 1 unspecified atom stereocenters. The van der Waals surface area contributed by atoms with Crippen LogP contribution in [0.5, 0.6) is 17.2 Å². The number of guanidine groups is 1. The molecule has 10 heteroatoms. The highest BCUT2D eigenvalue weighted by Gasteiger charge is 2.28. The fourth-order valence-corrected chi connectivity index (χ4v) is 3.36. The van der Waals surface area contributed by atoms with Crippen molar-refractivity contribution >= 4 is 36.0 Å². The number of carbonyl (C=O) groups excluding carboxylic acids is 1. The quantitative estimate of drug-likeness (QED) is 0.298. The third kappa shape index (κ3) is 8.10. The SMILES string of the molecule is CCNC(=NCc1c(OC)cc(OC)cc1OC)N1CCC(NC(=O)OC(C)(C)C)C1.I. The van der Waals surface area contributed by atoms with Crippen molar-refractivity contribution in [2.24, 2.45) is 4.99 Å². The average Bonchev–Trinajstić information content (AvgIpc) is 3.17. The summed E-state index contributed by atoms with van der Waals surface area (Å²) in [5.41, 5.74) is 0.318. The molecule has 0 aliphatic carbocycles. The Labute approximate surface area is 208 Å². The number of amides is 1. The number of rotatable bonds is 7. The lowest BCUT2D eigenvalue weighted by molar-refractivity contribution is 0.0507. The van der Waals surface area contributed by atoms with Gasteiger partial charge in [0.2, 0.25) is 0 Å². The predicted octanol–water partition coefficient (Wildman–Crippen LogP) is 3.39. The monoisotopic (exact) mass is 564 g/mol. The second-order valence-corrected chi connectivity index (χ2v) is 8.26. The van der Waals surface area contributed by atoms with Gasteiger partial charge in [0.1, 0.15) is 22.8 Å². The van der Waals surface area contributed by atoms with E-state index in [4.69, 9.17) is 23.9 Å². The van der Waals surface area contributed by atoms with Gasteiger partial charge in [0, 0.05) is 31.8 Å². The van der Waals surface area contributed by atoms with Crippen molar-refractivity contribution in [1.29, 1.82) is 0 Å². The molecule has 1 aliphatic rings. The molecule has 1 fully saturated rings. The van der Waals surface area contributed by atoms with Crippen LogP contribution in [0, 0.1) is 0 Å². The summed E-state index contributed by atoms with van der Waals surface area (Å²) in [6.45, 7) is 10.1. The topological polar surface area (TPSA) is 93.7 Å². The van der Waals surface area contributed by atoms with Crippen LogP contribution in [-0.4, -0.2) is 69.6 Å². The summed E-state index contributed by atoms with van der Waals surface area (Å²) >= 11 is 0. The molecule has 9 nitrogen and oxygen atoms in total. The predicted molar refractivity (Wildman–Crippen MR) is 136 cm³/mol. The molecule has 0 bridgehead atoms. The Morgan fingerprint density at radius 2 is 1.78 bits per heavy atom. The number of nitrogens with zero attached hydrogens (tertiary/aromatic N) is 2. The van der Waals surface area contributed by atoms with E-state index in [1.54, 1.807) is 21.3 Å². The molecule has 32 heavy (non-hydrogen) atoms. The van der Waals surface area contributed by atoms with Crippen LogP contribution < -0.4 is 24.8 Å². The molecular formula is C22H37IN4O5. The third-order valence-electron chi connectivity index (χ3n) is 4.75. The van der Waals surface area contributed by atoms with Gasteiger partial charge < -0.3 is 34.5 Å². The fraction of sp³-hybridized carbons (Fsp3) is 0.636. The van der Waals surface area contributed by atoms with Gasteiger partial charge in [-0.1, -0.05) is 0 Å². The Bertz CT molecular complexity index is 757. The summed E-state index contributed by atoms with van der Waals surface area (Å²) in [5, 5.41) is 6.28. The first kappa shape index (κ1) is 27.9. The Kier molecular flexibility index (Phi) is 11.2. The lowest BCUT2D eigenvalue weighted by Crippen LogP contribution is -2.44. The Hall–Kier alpha value is -2.11. The minimum Gasteiger partial charge on any atom is -0.496 e. The van der Waals surface area contributed by atoms with Crippen LogP contribution in [0.1, 0.15) is 39.7 Å². The smallest absolute Gasteiger partial charge is 0.407 e. The number of hydrogen-bond donors (Lipinski definition) is 2. The molecule has 1 saturated heterocycles. The second-order valence-electron chi connectivity index (χ2n) is 8.26. The van der Waals surface area contributed by atoms with Crippen molar-refractivity contribution in [3.63, 3.8) is 0 Å². The molecule has 0 saturated carbocycles. The van der Waals surface area contributed by atoms with E-state index < -0.39 is 11.7 Å². The Morgan fingerprint density at radius 3 is 2.28 bits per heavy atom. The molecule has 0 radical (unpaired) electrons. The van der Waals surface area contributed by atoms with Crippen molar-refractivity contribution < 1.29 is 23.7 Å². The van der Waals surface area contributed by atoms with Crippen LogP contribution >= 0.6 is 24.0 Å². The van der Waals surface area contributed by atoms with Gasteiger partial charge in [0.05, 0.1) is 39.5 Å². The van der Waals surface area contributed by atoms with Crippen molar-refractivity contribution in [3.8, 4) is 17.2 Å². The zero-order valence-corrected chi connectivity index (χ0v) is 22.4. The largest absolute Gasteiger partial charge is 0.496 e. The fourth-order valence-electron chi connectivity index (χ4n) is 3.36. The summed E-state index contributed by atoms with van der Waals surface area (Å²) in [5.74, 6) is 2.74. The average molecular weight is 564 g/mol. The zero-order chi connectivity index (χ0) is 23.0. The highest BCUT2D eigenvalue weighted by molar-refractivity contribution is 14.0. The van der Waals surface area contributed by atoms with Crippen LogP contribution in [0.3, 0.4) is 0 Å². The highest BCUT2D eigenvalue weighted by Crippen LogP contribution is 2.34. The number of aliphatic imine (C=N–C) groups is 1. The van der Waals surface area contributed by atoms with Gasteiger partial charge >= 0.3 is 6.09 Å². The van der Waals surface area contributed by atoms with Crippen molar-refractivity contribution in [1.82, 2.24) is 15.5 Å². The summed E-state index contributed by atoms with van der Waals surface area (Å²) in [7, 11) is 4.82. The van der Waals surface area contributed by atoms with Crippen LogP contribution in [-0.2, 0) is 11.3 Å². The zero-order valence-electron chi connectivity index (χ0n) is 20.1. The number of nitrogens with one attached hydrogen (secondary N) is 2. The van der Waals surface area contributed by atoms with Gasteiger partial charge in [-0.05, 0) is 34.1 Å². The molecule has 2 rings (SSSR count). The van der Waals surface area contributed by atoms with Gasteiger partial charge in [-0.2, -0.15) is 0 Å². The minimum absolute atomic E-state index is 0. The van der Waals surface area contributed by atoms with E-state index in [0.29, 0.717) is 30.3 Å². The van der Waals surface area contributed by atoms with E-state index in [2.05, 4.69) is 15.5 Å². The van der Waals surface area contributed by atoms with E-state index in [0.717, 1.165) is 31.0 Å². The van der Waals surface area contributed by atoms with Crippen LogP contribution in [0.2, 0.25) is 0 Å². The molecule has 1 aromatic carbocycles. The number of benzene rings is 1. The van der Waals surface area contributed by atoms with Crippen molar-refractivity contribution in [2.75, 3.05) is 41.0 Å². The molecule has 2 N–H and O–H groups in total. The number of likely N-dealkylation sites (tertiary alicyclic amines) is 1. The molecule has 1 aliphatic heterocycles. The van der Waals surface area contributed by atoms with Crippen molar-refractivity contribution in [2.45, 2.75) is 52.3 Å². The van der Waals surface area contributed by atoms with Crippen LogP contribution in [0.25, 0.3) is 0 Å². The number of ether oxygens (including phenoxy) is 4. The van der Waals surface area contributed by atoms with Gasteiger partial charge in [-0.15, -0.1) is 24.0 Å². The summed E-state index contributed by atoms with van der Waals surface area (Å²) in [6.07, 6.45) is 0.424. The molecular weight excluding hydrogens is 527 g/mol. The Balaban J connectivity index is 0.00000512. The summed E-state index contributed by atoms with van der Waals surface area (Å²) in [4.78, 5) is 19.0. The third-order valence-corrected chi connectivity index (χ3v) is 4.75. The number of halogens is 1. The normalized spacial score (nSPS) is 16.2. The molecule has 1 atom stereocenters. The maximum absolute atomic E-state index is 12.1. The molecule has 0 spiro atoms. The van der Waals surface area contributed by atoms with Gasteiger partial charge in [-0.3, -0.25) is 0 Å². The maximum atomic E-state index is 12.1. The highest BCUT2D eigenvalue weighted by atomic mass is 127. The van der Waals surface area contributed by atoms with E-state index in [9.17, 15) is 4.79 Å². The van der Waals surface area contributed by atoms with Crippen molar-refractivity contribution in [3.05, 3.63) is 17.7 Å². The number of carbonyl (C=O) groups is 1. The van der Waals surface area contributed by atoms with Gasteiger partial charge in [0.25, 0.3) is 0 Å². The number of alkyl carbamates (subject to hydrolysis) is 1.